The van der Waals surface area contributed by atoms with Gasteiger partial charge in [-0.15, -0.1) is 0 Å². The monoisotopic (exact) mass is 412 g/mol. The Hall–Kier alpha value is -3.86. The Morgan fingerprint density at radius 2 is 1.45 bits per heavy atom. The van der Waals surface area contributed by atoms with Gasteiger partial charge in [0, 0.05) is 31.9 Å². The van der Waals surface area contributed by atoms with Crippen molar-refractivity contribution in [2.75, 3.05) is 19.0 Å². The number of benzene rings is 3. The summed E-state index contributed by atoms with van der Waals surface area (Å²) in [6.07, 6.45) is 0. The molecule has 4 rings (SSSR count). The van der Waals surface area contributed by atoms with Crippen LogP contribution in [-0.4, -0.2) is 35.8 Å². The van der Waals surface area contributed by atoms with Gasteiger partial charge in [0.2, 0.25) is 0 Å². The van der Waals surface area contributed by atoms with E-state index in [2.05, 4.69) is 0 Å². The average molecular weight is 412 g/mol. The topological polar surface area (TPSA) is 60.9 Å². The standard InChI is InChI=1S/C26H24N2O3/c1-27(2)21-15-13-19(14-16-21)23-22(24(29)20-11-7-4-8-12-20)25(30)26(31)28(23)17-18-9-5-3-6-10-18/h3-16,23,29H,17H2,1-2H3/b24-22-. The maximum absolute atomic E-state index is 13.1. The summed E-state index contributed by atoms with van der Waals surface area (Å²) < 4.78 is 0. The van der Waals surface area contributed by atoms with Crippen molar-refractivity contribution in [2.45, 2.75) is 12.6 Å². The summed E-state index contributed by atoms with van der Waals surface area (Å²) >= 11 is 0. The summed E-state index contributed by atoms with van der Waals surface area (Å²) in [4.78, 5) is 29.6. The Kier molecular flexibility index (Phi) is 5.58. The van der Waals surface area contributed by atoms with E-state index in [0.29, 0.717) is 5.56 Å². The van der Waals surface area contributed by atoms with E-state index in [1.807, 2.05) is 79.7 Å². The lowest BCUT2D eigenvalue weighted by molar-refractivity contribution is -0.140. The lowest BCUT2D eigenvalue weighted by atomic mass is 9.95. The Morgan fingerprint density at radius 3 is 2.03 bits per heavy atom. The maximum atomic E-state index is 13.1. The number of rotatable bonds is 5. The molecule has 1 fully saturated rings. The molecule has 1 N–H and O–H groups in total. The minimum atomic E-state index is -0.670. The minimum Gasteiger partial charge on any atom is -0.507 e. The molecule has 0 saturated carbocycles. The molecule has 1 heterocycles. The predicted octanol–water partition coefficient (Wildman–Crippen LogP) is 4.37. The second kappa shape index (κ2) is 8.48. The summed E-state index contributed by atoms with van der Waals surface area (Å²) in [6, 6.07) is 25.4. The van der Waals surface area contributed by atoms with Crippen molar-refractivity contribution in [3.8, 4) is 0 Å². The van der Waals surface area contributed by atoms with E-state index in [4.69, 9.17) is 0 Å². The number of aliphatic hydroxyl groups is 1. The number of hydrogen-bond acceptors (Lipinski definition) is 4. The number of carbonyl (C=O) groups excluding carboxylic acids is 2. The second-order valence-corrected chi connectivity index (χ2v) is 7.76. The Bertz CT molecular complexity index is 1120. The van der Waals surface area contributed by atoms with Gasteiger partial charge in [0.05, 0.1) is 11.6 Å². The van der Waals surface area contributed by atoms with Crippen molar-refractivity contribution in [1.82, 2.24) is 4.90 Å². The summed E-state index contributed by atoms with van der Waals surface area (Å²) in [6.45, 7) is 0.275. The number of nitrogens with zero attached hydrogens (tertiary/aromatic N) is 2. The molecule has 0 aromatic heterocycles. The number of carbonyl (C=O) groups is 2. The van der Waals surface area contributed by atoms with Crippen molar-refractivity contribution < 1.29 is 14.7 Å². The zero-order valence-electron chi connectivity index (χ0n) is 17.5. The molecule has 156 valence electrons. The van der Waals surface area contributed by atoms with Crippen LogP contribution in [0.5, 0.6) is 0 Å². The Morgan fingerprint density at radius 1 is 0.871 bits per heavy atom. The van der Waals surface area contributed by atoms with Crippen LogP contribution in [0.1, 0.15) is 22.7 Å². The number of likely N-dealkylation sites (tertiary alicyclic amines) is 1. The number of hydrogen-bond donors (Lipinski definition) is 1. The first-order valence-corrected chi connectivity index (χ1v) is 10.1. The molecule has 0 bridgehead atoms. The molecule has 3 aromatic carbocycles. The summed E-state index contributed by atoms with van der Waals surface area (Å²) in [5.74, 6) is -1.43. The van der Waals surface area contributed by atoms with Gasteiger partial charge in [0.25, 0.3) is 11.7 Å². The third kappa shape index (κ3) is 3.94. The molecule has 1 saturated heterocycles. The highest BCUT2D eigenvalue weighted by Gasteiger charge is 2.46. The van der Waals surface area contributed by atoms with Crippen LogP contribution in [0.3, 0.4) is 0 Å². The van der Waals surface area contributed by atoms with Crippen LogP contribution in [0.2, 0.25) is 0 Å². The minimum absolute atomic E-state index is 0.115. The molecule has 1 aliphatic rings. The highest BCUT2D eigenvalue weighted by molar-refractivity contribution is 6.46. The van der Waals surface area contributed by atoms with Gasteiger partial charge in [0.1, 0.15) is 5.76 Å². The summed E-state index contributed by atoms with van der Waals surface area (Å²) in [5, 5.41) is 11.0. The average Bonchev–Trinajstić information content (AvgIpc) is 3.05. The van der Waals surface area contributed by atoms with Gasteiger partial charge in [-0.1, -0.05) is 72.8 Å². The lowest BCUT2D eigenvalue weighted by Gasteiger charge is -2.26. The largest absolute Gasteiger partial charge is 0.507 e. The molecule has 1 aliphatic heterocycles. The van der Waals surface area contributed by atoms with E-state index in [1.165, 1.54) is 4.90 Å². The second-order valence-electron chi connectivity index (χ2n) is 7.76. The van der Waals surface area contributed by atoms with Crippen LogP contribution in [-0.2, 0) is 16.1 Å². The van der Waals surface area contributed by atoms with Gasteiger partial charge in [0.15, 0.2) is 0 Å². The van der Waals surface area contributed by atoms with Crippen LogP contribution < -0.4 is 4.90 Å². The fraction of sp³-hybridized carbons (Fsp3) is 0.154. The molecule has 0 spiro atoms. The van der Waals surface area contributed by atoms with Crippen molar-refractivity contribution in [3.63, 3.8) is 0 Å². The van der Waals surface area contributed by atoms with Crippen molar-refractivity contribution >= 4 is 23.1 Å². The van der Waals surface area contributed by atoms with Gasteiger partial charge in [-0.2, -0.15) is 0 Å². The molecule has 5 nitrogen and oxygen atoms in total. The van der Waals surface area contributed by atoms with E-state index in [9.17, 15) is 14.7 Å². The number of Topliss-reactive ketones (excluding diaryl/α,β-unsaturated/α-hetero) is 1. The molecule has 0 aliphatic carbocycles. The lowest BCUT2D eigenvalue weighted by Crippen LogP contribution is -2.29. The van der Waals surface area contributed by atoms with Crippen LogP contribution in [0, 0.1) is 0 Å². The Balaban J connectivity index is 1.84. The molecule has 0 radical (unpaired) electrons. The molecule has 31 heavy (non-hydrogen) atoms. The maximum Gasteiger partial charge on any atom is 0.295 e. The highest BCUT2D eigenvalue weighted by Crippen LogP contribution is 2.40. The van der Waals surface area contributed by atoms with E-state index < -0.39 is 17.7 Å². The van der Waals surface area contributed by atoms with Gasteiger partial charge < -0.3 is 14.9 Å². The third-order valence-electron chi connectivity index (χ3n) is 5.51. The summed E-state index contributed by atoms with van der Waals surface area (Å²) in [5.41, 5.74) is 3.32. The van der Waals surface area contributed by atoms with Crippen molar-refractivity contribution in [3.05, 3.63) is 107 Å². The number of anilines is 1. The normalized spacial score (nSPS) is 17.7. The van der Waals surface area contributed by atoms with Crippen molar-refractivity contribution in [2.24, 2.45) is 0 Å². The van der Waals surface area contributed by atoms with Gasteiger partial charge in [-0.25, -0.2) is 0 Å². The van der Waals surface area contributed by atoms with Gasteiger partial charge in [-0.05, 0) is 23.3 Å². The van der Waals surface area contributed by atoms with E-state index in [-0.39, 0.29) is 17.9 Å². The quantitative estimate of drug-likeness (QED) is 0.384. The van der Waals surface area contributed by atoms with E-state index >= 15 is 0 Å². The molecule has 3 aromatic rings. The molecule has 1 amide bonds. The SMILES string of the molecule is CN(C)c1ccc(C2/C(=C(/O)c3ccccc3)C(=O)C(=O)N2Cc2ccccc2)cc1. The predicted molar refractivity (Wildman–Crippen MR) is 121 cm³/mol. The molecule has 1 atom stereocenters. The van der Waals surface area contributed by atoms with Crippen LogP contribution in [0.25, 0.3) is 5.76 Å². The third-order valence-corrected chi connectivity index (χ3v) is 5.51. The van der Waals surface area contributed by atoms with E-state index in [0.717, 1.165) is 16.8 Å². The number of ketones is 1. The van der Waals surface area contributed by atoms with Crippen molar-refractivity contribution in [1.29, 1.82) is 0 Å². The first-order chi connectivity index (χ1) is 15.0. The van der Waals surface area contributed by atoms with Gasteiger partial charge in [-0.3, -0.25) is 9.59 Å². The van der Waals surface area contributed by atoms with E-state index in [1.54, 1.807) is 24.3 Å². The number of aliphatic hydroxyl groups excluding tert-OH is 1. The zero-order chi connectivity index (χ0) is 22.0. The fourth-order valence-electron chi connectivity index (χ4n) is 3.88. The smallest absolute Gasteiger partial charge is 0.295 e. The van der Waals surface area contributed by atoms with Gasteiger partial charge >= 0.3 is 0 Å². The molecular formula is C26H24N2O3. The fourth-order valence-corrected chi connectivity index (χ4v) is 3.88. The first-order valence-electron chi connectivity index (χ1n) is 10.1. The highest BCUT2D eigenvalue weighted by atomic mass is 16.3. The summed E-state index contributed by atoms with van der Waals surface area (Å²) in [7, 11) is 3.90. The van der Waals surface area contributed by atoms with Crippen LogP contribution in [0.15, 0.2) is 90.5 Å². The van der Waals surface area contributed by atoms with Crippen LogP contribution in [0.4, 0.5) is 5.69 Å². The number of amides is 1. The molecule has 5 heteroatoms. The molecular weight excluding hydrogens is 388 g/mol. The Labute approximate surface area is 181 Å². The zero-order valence-corrected chi connectivity index (χ0v) is 17.5. The first kappa shape index (κ1) is 20.4. The molecule has 1 unspecified atom stereocenters. The van der Waals surface area contributed by atoms with Crippen LogP contribution >= 0.6 is 0 Å².